The van der Waals surface area contributed by atoms with E-state index in [4.69, 9.17) is 9.84 Å². The number of carboxylic acids is 1. The molecule has 102 valence electrons. The molecule has 1 aliphatic carbocycles. The number of carbonyl (C=O) groups excluding carboxylic acids is 1. The maximum Gasteiger partial charge on any atom is 0.410 e. The van der Waals surface area contributed by atoms with Crippen molar-refractivity contribution in [1.29, 1.82) is 0 Å². The number of aliphatic carboxylic acids is 1. The van der Waals surface area contributed by atoms with Crippen LogP contribution < -0.4 is 0 Å². The van der Waals surface area contributed by atoms with Crippen LogP contribution in [0.5, 0.6) is 0 Å². The fourth-order valence-electron chi connectivity index (χ4n) is 2.92. The summed E-state index contributed by atoms with van der Waals surface area (Å²) in [6.45, 7) is 0.782. The van der Waals surface area contributed by atoms with Crippen LogP contribution in [0.1, 0.15) is 44.9 Å². The van der Waals surface area contributed by atoms with E-state index in [1.165, 1.54) is 12.8 Å². The molecule has 0 spiro atoms. The van der Waals surface area contributed by atoms with Gasteiger partial charge in [0.2, 0.25) is 0 Å². The van der Waals surface area contributed by atoms with E-state index in [9.17, 15) is 9.59 Å². The fourth-order valence-corrected chi connectivity index (χ4v) is 2.92. The zero-order valence-corrected chi connectivity index (χ0v) is 10.6. The van der Waals surface area contributed by atoms with Gasteiger partial charge in [-0.3, -0.25) is 4.79 Å². The first-order valence-corrected chi connectivity index (χ1v) is 6.82. The number of ether oxygens (including phenoxy) is 1. The lowest BCUT2D eigenvalue weighted by Crippen LogP contribution is -2.48. The smallest absolute Gasteiger partial charge is 0.410 e. The van der Waals surface area contributed by atoms with Crippen LogP contribution >= 0.6 is 0 Å². The maximum absolute atomic E-state index is 11.8. The Balaban J connectivity index is 1.95. The number of carbonyl (C=O) groups is 2. The highest BCUT2D eigenvalue weighted by atomic mass is 16.6. The molecule has 1 N–H and O–H groups in total. The largest absolute Gasteiger partial charge is 0.481 e. The molecule has 2 rings (SSSR count). The molecule has 1 heterocycles. The summed E-state index contributed by atoms with van der Waals surface area (Å²) in [6, 6.07) is 0.247. The molecule has 5 nitrogen and oxygen atoms in total. The fraction of sp³-hybridized carbons (Fsp3) is 0.846. The van der Waals surface area contributed by atoms with E-state index in [2.05, 4.69) is 0 Å². The van der Waals surface area contributed by atoms with Gasteiger partial charge in [0, 0.05) is 18.5 Å². The highest BCUT2D eigenvalue weighted by Gasteiger charge is 2.33. The molecule has 0 bridgehead atoms. The number of nitrogens with zero attached hydrogens (tertiary/aromatic N) is 1. The second-order valence-corrected chi connectivity index (χ2v) is 5.34. The second kappa shape index (κ2) is 6.07. The Labute approximate surface area is 107 Å². The molecule has 1 unspecified atom stereocenters. The Kier molecular flexibility index (Phi) is 4.44. The third-order valence-corrected chi connectivity index (χ3v) is 3.86. The lowest BCUT2D eigenvalue weighted by Gasteiger charge is -2.37. The molecule has 1 saturated carbocycles. The van der Waals surface area contributed by atoms with Crippen LogP contribution in [0.25, 0.3) is 0 Å². The van der Waals surface area contributed by atoms with Crippen molar-refractivity contribution in [1.82, 2.24) is 4.90 Å². The first kappa shape index (κ1) is 13.2. The summed E-state index contributed by atoms with van der Waals surface area (Å²) in [5.41, 5.74) is 0. The second-order valence-electron chi connectivity index (χ2n) is 5.34. The first-order valence-electron chi connectivity index (χ1n) is 6.82. The van der Waals surface area contributed by atoms with Gasteiger partial charge in [0.05, 0.1) is 13.0 Å². The van der Waals surface area contributed by atoms with E-state index in [1.807, 2.05) is 0 Å². The van der Waals surface area contributed by atoms with Gasteiger partial charge in [-0.25, -0.2) is 4.79 Å². The zero-order chi connectivity index (χ0) is 13.0. The molecule has 0 aromatic rings. The van der Waals surface area contributed by atoms with Crippen molar-refractivity contribution in [3.63, 3.8) is 0 Å². The number of cyclic esters (lactones) is 1. The van der Waals surface area contributed by atoms with Crippen LogP contribution in [0.4, 0.5) is 4.79 Å². The summed E-state index contributed by atoms with van der Waals surface area (Å²) >= 11 is 0. The molecule has 0 aromatic carbocycles. The van der Waals surface area contributed by atoms with Crippen molar-refractivity contribution in [3.8, 4) is 0 Å². The average Bonchev–Trinajstić information content (AvgIpc) is 2.59. The van der Waals surface area contributed by atoms with Gasteiger partial charge in [0.15, 0.2) is 0 Å². The van der Waals surface area contributed by atoms with Crippen LogP contribution in [0, 0.1) is 5.92 Å². The molecule has 5 heteroatoms. The summed E-state index contributed by atoms with van der Waals surface area (Å²) in [6.07, 6.45) is 6.63. The molecule has 1 saturated heterocycles. The molecule has 1 atom stereocenters. The van der Waals surface area contributed by atoms with Crippen molar-refractivity contribution in [2.45, 2.75) is 51.0 Å². The Morgan fingerprint density at radius 1 is 1.28 bits per heavy atom. The van der Waals surface area contributed by atoms with Gasteiger partial charge in [0.25, 0.3) is 0 Å². The number of amides is 1. The molecule has 2 fully saturated rings. The quantitative estimate of drug-likeness (QED) is 0.785. The van der Waals surface area contributed by atoms with Crippen molar-refractivity contribution in [3.05, 3.63) is 0 Å². The minimum atomic E-state index is -0.821. The van der Waals surface area contributed by atoms with Crippen molar-refractivity contribution < 1.29 is 19.4 Å². The van der Waals surface area contributed by atoms with Crippen molar-refractivity contribution >= 4 is 12.1 Å². The SMILES string of the molecule is O=C(O)CC1COC(=O)N(C2CCCCCC2)C1. The van der Waals surface area contributed by atoms with E-state index in [0.717, 1.165) is 25.7 Å². The lowest BCUT2D eigenvalue weighted by molar-refractivity contribution is -0.139. The van der Waals surface area contributed by atoms with Crippen molar-refractivity contribution in [2.24, 2.45) is 5.92 Å². The highest BCUT2D eigenvalue weighted by Crippen LogP contribution is 2.26. The number of carboxylic acid groups (broad SMARTS) is 1. The Morgan fingerprint density at radius 2 is 1.94 bits per heavy atom. The number of hydrogen-bond donors (Lipinski definition) is 1. The minimum Gasteiger partial charge on any atom is -0.481 e. The summed E-state index contributed by atoms with van der Waals surface area (Å²) in [5, 5.41) is 8.81. The summed E-state index contributed by atoms with van der Waals surface area (Å²) in [4.78, 5) is 24.3. The molecule has 18 heavy (non-hydrogen) atoms. The molecular formula is C13H21NO4. The van der Waals surface area contributed by atoms with E-state index in [-0.39, 0.29) is 31.1 Å². The third kappa shape index (κ3) is 3.37. The van der Waals surface area contributed by atoms with Crippen LogP contribution in [-0.2, 0) is 9.53 Å². The number of rotatable bonds is 3. The van der Waals surface area contributed by atoms with Gasteiger partial charge in [0.1, 0.15) is 0 Å². The van der Waals surface area contributed by atoms with Crippen LogP contribution in [0.2, 0.25) is 0 Å². The Morgan fingerprint density at radius 3 is 2.56 bits per heavy atom. The highest BCUT2D eigenvalue weighted by molar-refractivity contribution is 5.70. The minimum absolute atomic E-state index is 0.0662. The van der Waals surface area contributed by atoms with Crippen LogP contribution in [0.15, 0.2) is 0 Å². The average molecular weight is 255 g/mol. The van der Waals surface area contributed by atoms with E-state index < -0.39 is 5.97 Å². The monoisotopic (exact) mass is 255 g/mol. The molecule has 0 aromatic heterocycles. The van der Waals surface area contributed by atoms with Crippen LogP contribution in [0.3, 0.4) is 0 Å². The molecule has 2 aliphatic rings. The van der Waals surface area contributed by atoms with Gasteiger partial charge in [-0.15, -0.1) is 0 Å². The number of hydrogen-bond acceptors (Lipinski definition) is 3. The Hall–Kier alpha value is -1.26. The maximum atomic E-state index is 11.8. The topological polar surface area (TPSA) is 66.8 Å². The van der Waals surface area contributed by atoms with E-state index >= 15 is 0 Å². The normalized spacial score (nSPS) is 26.6. The van der Waals surface area contributed by atoms with Gasteiger partial charge in [-0.2, -0.15) is 0 Å². The lowest BCUT2D eigenvalue weighted by atomic mass is 10.0. The first-order chi connectivity index (χ1) is 8.66. The van der Waals surface area contributed by atoms with Crippen LogP contribution in [-0.4, -0.2) is 41.3 Å². The summed E-state index contributed by atoms with van der Waals surface area (Å²) in [5.74, 6) is -0.887. The Bertz CT molecular complexity index is 310. The van der Waals surface area contributed by atoms with E-state index in [0.29, 0.717) is 6.54 Å². The molecule has 1 aliphatic heterocycles. The summed E-state index contributed by atoms with van der Waals surface area (Å²) < 4.78 is 5.12. The van der Waals surface area contributed by atoms with Crippen molar-refractivity contribution in [2.75, 3.05) is 13.2 Å². The molecule has 1 amide bonds. The molecular weight excluding hydrogens is 234 g/mol. The van der Waals surface area contributed by atoms with Gasteiger partial charge in [-0.05, 0) is 12.8 Å². The summed E-state index contributed by atoms with van der Waals surface area (Å²) in [7, 11) is 0. The van der Waals surface area contributed by atoms with Gasteiger partial charge >= 0.3 is 12.1 Å². The molecule has 0 radical (unpaired) electrons. The van der Waals surface area contributed by atoms with E-state index in [1.54, 1.807) is 4.90 Å². The van der Waals surface area contributed by atoms with Gasteiger partial charge in [-0.1, -0.05) is 25.7 Å². The third-order valence-electron chi connectivity index (χ3n) is 3.86. The zero-order valence-electron chi connectivity index (χ0n) is 10.6. The standard InChI is InChI=1S/C13H21NO4/c15-12(16)7-10-8-14(13(17)18-9-10)11-5-3-1-2-4-6-11/h10-11H,1-9H2,(H,15,16). The van der Waals surface area contributed by atoms with Gasteiger partial charge < -0.3 is 14.7 Å². The predicted octanol–water partition coefficient (Wildman–Crippen LogP) is 2.25. The predicted molar refractivity (Wildman–Crippen MR) is 65.3 cm³/mol.